The van der Waals surface area contributed by atoms with Crippen molar-refractivity contribution in [2.24, 2.45) is 5.84 Å². The topological polar surface area (TPSA) is 131 Å². The van der Waals surface area contributed by atoms with Crippen LogP contribution in [0.25, 0.3) is 0 Å². The van der Waals surface area contributed by atoms with Crippen LogP contribution in [0.4, 0.5) is 11.4 Å². The van der Waals surface area contributed by atoms with Crippen LogP contribution in [-0.4, -0.2) is 32.4 Å². The van der Waals surface area contributed by atoms with Gasteiger partial charge in [0, 0.05) is 14.1 Å². The summed E-state index contributed by atoms with van der Waals surface area (Å²) in [6.45, 7) is 0. The van der Waals surface area contributed by atoms with Crippen LogP contribution in [-0.2, 0) is 10.0 Å². The number of hydrogen-bond donors (Lipinski definition) is 3. The first-order valence-corrected chi connectivity index (χ1v) is 6.21. The van der Waals surface area contributed by atoms with Crippen LogP contribution >= 0.6 is 0 Å². The molecule has 1 aromatic rings. The first-order chi connectivity index (χ1) is 8.29. The van der Waals surface area contributed by atoms with E-state index in [1.165, 1.54) is 31.2 Å². The van der Waals surface area contributed by atoms with Gasteiger partial charge in [0.05, 0.1) is 4.92 Å². The quantitative estimate of drug-likeness (QED) is 0.380. The van der Waals surface area contributed by atoms with Gasteiger partial charge in [0.1, 0.15) is 5.69 Å². The Morgan fingerprint density at radius 3 is 2.44 bits per heavy atom. The third-order valence-corrected chi connectivity index (χ3v) is 3.44. The predicted molar refractivity (Wildman–Crippen MR) is 64.9 cm³/mol. The summed E-state index contributed by atoms with van der Waals surface area (Å²) in [5.74, 6) is 5.12. The number of benzene rings is 1. The van der Waals surface area contributed by atoms with Crippen LogP contribution in [0.1, 0.15) is 0 Å². The number of hydrogen-bond acceptors (Lipinski definition) is 7. The van der Waals surface area contributed by atoms with Gasteiger partial charge in [-0.2, -0.15) is 0 Å². The zero-order chi connectivity index (χ0) is 13.9. The fraction of sp³-hybridized carbons (Fsp3) is 0.250. The van der Waals surface area contributed by atoms with Gasteiger partial charge in [0.25, 0.3) is 10.0 Å². The zero-order valence-corrected chi connectivity index (χ0v) is 10.6. The highest BCUT2D eigenvalue weighted by Gasteiger charge is 2.29. The van der Waals surface area contributed by atoms with Crippen molar-refractivity contribution >= 4 is 21.4 Å². The standard InChI is InChI=1S/C8H13N5O4S/c1-12(2)11-18(16,17)7-5-3-4-6(10-9)8(7)13(14)15/h3-5,10-11H,9H2,1-2H3. The molecule has 0 aliphatic rings. The van der Waals surface area contributed by atoms with Gasteiger partial charge in [0.15, 0.2) is 4.90 Å². The van der Waals surface area contributed by atoms with Crippen molar-refractivity contribution < 1.29 is 13.3 Å². The lowest BCUT2D eigenvalue weighted by Crippen LogP contribution is -2.36. The van der Waals surface area contributed by atoms with Gasteiger partial charge in [-0.1, -0.05) is 6.07 Å². The maximum atomic E-state index is 11.9. The molecule has 0 atom stereocenters. The first kappa shape index (κ1) is 14.3. The summed E-state index contributed by atoms with van der Waals surface area (Å²) in [5.41, 5.74) is 1.41. The van der Waals surface area contributed by atoms with E-state index in [0.717, 1.165) is 6.07 Å². The summed E-state index contributed by atoms with van der Waals surface area (Å²) in [6, 6.07) is 3.80. The summed E-state index contributed by atoms with van der Waals surface area (Å²) in [7, 11) is -1.12. The Morgan fingerprint density at radius 1 is 1.39 bits per heavy atom. The molecule has 0 spiro atoms. The molecule has 18 heavy (non-hydrogen) atoms. The lowest BCUT2D eigenvalue weighted by Gasteiger charge is -2.13. The van der Waals surface area contributed by atoms with Gasteiger partial charge in [-0.25, -0.2) is 13.4 Å². The molecule has 4 N–H and O–H groups in total. The van der Waals surface area contributed by atoms with Gasteiger partial charge in [0.2, 0.25) is 0 Å². The molecule has 0 aromatic heterocycles. The van der Waals surface area contributed by atoms with E-state index < -0.39 is 25.5 Å². The number of nitro benzene ring substituents is 1. The third kappa shape index (κ3) is 2.92. The Hall–Kier alpha value is -1.75. The number of rotatable bonds is 5. The monoisotopic (exact) mass is 275 g/mol. The molecule has 0 aliphatic heterocycles. The molecule has 0 aliphatic carbocycles. The number of hydrazine groups is 2. The smallest absolute Gasteiger partial charge is 0.313 e. The van der Waals surface area contributed by atoms with Crippen LogP contribution < -0.4 is 16.1 Å². The van der Waals surface area contributed by atoms with Crippen LogP contribution in [0, 0.1) is 10.1 Å². The Balaban J connectivity index is 3.46. The van der Waals surface area contributed by atoms with E-state index in [4.69, 9.17) is 5.84 Å². The first-order valence-electron chi connectivity index (χ1n) is 4.73. The van der Waals surface area contributed by atoms with E-state index in [0.29, 0.717) is 0 Å². The van der Waals surface area contributed by atoms with Crippen molar-refractivity contribution in [3.05, 3.63) is 28.3 Å². The summed E-state index contributed by atoms with van der Waals surface area (Å²) in [5, 5.41) is 12.1. The number of para-hydroxylation sites is 1. The molecule has 0 fully saturated rings. The molecule has 0 unspecified atom stereocenters. The minimum absolute atomic E-state index is 0.0818. The molecule has 0 bridgehead atoms. The lowest BCUT2D eigenvalue weighted by molar-refractivity contribution is -0.386. The van der Waals surface area contributed by atoms with Crippen molar-refractivity contribution in [1.82, 2.24) is 9.84 Å². The molecule has 10 heteroatoms. The summed E-state index contributed by atoms with van der Waals surface area (Å²) >= 11 is 0. The number of sulfonamides is 1. The fourth-order valence-corrected chi connectivity index (χ4v) is 2.61. The minimum atomic E-state index is -4.03. The Kier molecular flexibility index (Phi) is 4.19. The van der Waals surface area contributed by atoms with Gasteiger partial charge >= 0.3 is 5.69 Å². The Morgan fingerprint density at radius 2 is 2.00 bits per heavy atom. The average Bonchev–Trinajstić information content (AvgIpc) is 2.26. The zero-order valence-electron chi connectivity index (χ0n) is 9.75. The van der Waals surface area contributed by atoms with Crippen LogP contribution in [0.2, 0.25) is 0 Å². The second-order valence-electron chi connectivity index (χ2n) is 3.54. The Bertz CT molecular complexity index is 557. The lowest BCUT2D eigenvalue weighted by atomic mass is 10.3. The van der Waals surface area contributed by atoms with Crippen molar-refractivity contribution in [2.45, 2.75) is 4.90 Å². The van der Waals surface area contributed by atoms with Crippen molar-refractivity contribution in [3.8, 4) is 0 Å². The maximum Gasteiger partial charge on any atom is 0.313 e. The van der Waals surface area contributed by atoms with E-state index in [9.17, 15) is 18.5 Å². The van der Waals surface area contributed by atoms with Gasteiger partial charge in [-0.3, -0.25) is 16.0 Å². The van der Waals surface area contributed by atoms with Crippen molar-refractivity contribution in [2.75, 3.05) is 19.5 Å². The maximum absolute atomic E-state index is 11.9. The highest BCUT2D eigenvalue weighted by Crippen LogP contribution is 2.31. The molecule has 0 radical (unpaired) electrons. The number of nitro groups is 1. The number of nitrogens with zero attached hydrogens (tertiary/aromatic N) is 2. The number of nitrogen functional groups attached to an aromatic ring is 1. The van der Waals surface area contributed by atoms with Crippen LogP contribution in [0.3, 0.4) is 0 Å². The third-order valence-electron chi connectivity index (χ3n) is 1.93. The second kappa shape index (κ2) is 5.27. The summed E-state index contributed by atoms with van der Waals surface area (Å²) in [4.78, 5) is 11.8. The average molecular weight is 275 g/mol. The Labute approximate surface area is 104 Å². The fourth-order valence-electron chi connectivity index (χ4n) is 1.33. The number of anilines is 1. The molecule has 1 rings (SSSR count). The van der Waals surface area contributed by atoms with E-state index in [1.54, 1.807) is 0 Å². The molecule has 1 aromatic carbocycles. The van der Waals surface area contributed by atoms with Gasteiger partial charge < -0.3 is 5.43 Å². The minimum Gasteiger partial charge on any atom is -0.318 e. The largest absolute Gasteiger partial charge is 0.318 e. The molecular weight excluding hydrogens is 262 g/mol. The van der Waals surface area contributed by atoms with Crippen LogP contribution in [0.15, 0.2) is 23.1 Å². The molecule has 0 heterocycles. The van der Waals surface area contributed by atoms with Gasteiger partial charge in [-0.05, 0) is 12.1 Å². The van der Waals surface area contributed by atoms with E-state index in [1.807, 2.05) is 0 Å². The molecule has 0 amide bonds. The van der Waals surface area contributed by atoms with E-state index in [-0.39, 0.29) is 5.69 Å². The SMILES string of the molecule is CN(C)NS(=O)(=O)c1cccc(NN)c1[N+](=O)[O-]. The second-order valence-corrected chi connectivity index (χ2v) is 5.17. The van der Waals surface area contributed by atoms with Crippen molar-refractivity contribution in [3.63, 3.8) is 0 Å². The molecule has 100 valence electrons. The molecule has 0 saturated heterocycles. The molecule has 0 saturated carbocycles. The van der Waals surface area contributed by atoms with E-state index >= 15 is 0 Å². The number of nitrogens with two attached hydrogens (primary N) is 1. The predicted octanol–water partition coefficient (Wildman–Crippen LogP) is -0.365. The molecule has 9 nitrogen and oxygen atoms in total. The molecular formula is C8H13N5O4S. The highest BCUT2D eigenvalue weighted by atomic mass is 32.2. The summed E-state index contributed by atoms with van der Waals surface area (Å²) < 4.78 is 23.8. The normalized spacial score (nSPS) is 11.6. The van der Waals surface area contributed by atoms with Crippen molar-refractivity contribution in [1.29, 1.82) is 0 Å². The van der Waals surface area contributed by atoms with Gasteiger partial charge in [-0.15, -0.1) is 4.83 Å². The number of nitrogens with one attached hydrogen (secondary N) is 2. The highest BCUT2D eigenvalue weighted by molar-refractivity contribution is 7.89. The van der Waals surface area contributed by atoms with Crippen LogP contribution in [0.5, 0.6) is 0 Å². The van der Waals surface area contributed by atoms with E-state index in [2.05, 4.69) is 10.3 Å². The summed E-state index contributed by atoms with van der Waals surface area (Å²) in [6.07, 6.45) is 0.